The van der Waals surface area contributed by atoms with E-state index in [1.807, 2.05) is 24.3 Å². The molecule has 2 aliphatic rings. The van der Waals surface area contributed by atoms with E-state index in [0.717, 1.165) is 57.0 Å². The molecule has 7 nitrogen and oxygen atoms in total. The molecule has 1 aromatic heterocycles. The molecule has 1 N–H and O–H groups in total. The SMILES string of the molecule is COc1ccc(-c2cc(C(=O)NCC3(CN4CCCC4)CCOCC3)no2)cc1. The van der Waals surface area contributed by atoms with Gasteiger partial charge in [0.15, 0.2) is 11.5 Å². The molecule has 2 fully saturated rings. The number of benzene rings is 1. The van der Waals surface area contributed by atoms with Crippen molar-refractivity contribution in [3.05, 3.63) is 36.0 Å². The van der Waals surface area contributed by atoms with Crippen molar-refractivity contribution in [2.45, 2.75) is 25.7 Å². The van der Waals surface area contributed by atoms with Crippen LogP contribution in [0.15, 0.2) is 34.9 Å². The lowest BCUT2D eigenvalue weighted by Crippen LogP contribution is -2.48. The summed E-state index contributed by atoms with van der Waals surface area (Å²) in [5.74, 6) is 1.14. The van der Waals surface area contributed by atoms with E-state index in [9.17, 15) is 4.79 Å². The molecule has 0 bridgehead atoms. The maximum Gasteiger partial charge on any atom is 0.273 e. The smallest absolute Gasteiger partial charge is 0.273 e. The van der Waals surface area contributed by atoms with Gasteiger partial charge in [-0.3, -0.25) is 4.79 Å². The lowest BCUT2D eigenvalue weighted by molar-refractivity contribution is -0.000670. The molecule has 0 atom stereocenters. The number of likely N-dealkylation sites (tertiary alicyclic amines) is 1. The molecule has 156 valence electrons. The average molecular weight is 399 g/mol. The summed E-state index contributed by atoms with van der Waals surface area (Å²) in [7, 11) is 1.63. The second kappa shape index (κ2) is 8.97. The van der Waals surface area contributed by atoms with Crippen molar-refractivity contribution in [1.29, 1.82) is 0 Å². The summed E-state index contributed by atoms with van der Waals surface area (Å²) in [4.78, 5) is 15.2. The third-order valence-corrected chi connectivity index (χ3v) is 6.05. The molecule has 1 amide bonds. The Morgan fingerprint density at radius 3 is 2.62 bits per heavy atom. The first-order valence-corrected chi connectivity index (χ1v) is 10.4. The van der Waals surface area contributed by atoms with E-state index in [-0.39, 0.29) is 11.3 Å². The van der Waals surface area contributed by atoms with Crippen LogP contribution in [0.2, 0.25) is 0 Å². The fourth-order valence-corrected chi connectivity index (χ4v) is 4.24. The minimum atomic E-state index is -0.194. The Morgan fingerprint density at radius 1 is 1.21 bits per heavy atom. The standard InChI is InChI=1S/C22H29N3O4/c1-27-18-6-4-17(5-7-18)20-14-19(24-29-20)21(26)23-15-22(8-12-28-13-9-22)16-25-10-2-3-11-25/h4-7,14H,2-3,8-13,15-16H2,1H3,(H,23,26). The van der Waals surface area contributed by atoms with Gasteiger partial charge in [-0.2, -0.15) is 0 Å². The van der Waals surface area contributed by atoms with Gasteiger partial charge in [0.2, 0.25) is 0 Å². The van der Waals surface area contributed by atoms with Crippen LogP contribution in [0, 0.1) is 5.41 Å². The van der Waals surface area contributed by atoms with Gasteiger partial charge in [0, 0.05) is 43.3 Å². The minimum Gasteiger partial charge on any atom is -0.497 e. The van der Waals surface area contributed by atoms with Crippen LogP contribution in [0.1, 0.15) is 36.2 Å². The fraction of sp³-hybridized carbons (Fsp3) is 0.545. The maximum absolute atomic E-state index is 12.7. The predicted molar refractivity (Wildman–Crippen MR) is 109 cm³/mol. The second-order valence-corrected chi connectivity index (χ2v) is 8.08. The fourth-order valence-electron chi connectivity index (χ4n) is 4.24. The van der Waals surface area contributed by atoms with Crippen molar-refractivity contribution in [3.8, 4) is 17.1 Å². The first-order chi connectivity index (χ1) is 14.2. The molecule has 7 heteroatoms. The van der Waals surface area contributed by atoms with Crippen molar-refractivity contribution >= 4 is 5.91 Å². The number of ether oxygens (including phenoxy) is 2. The molecule has 2 aliphatic heterocycles. The van der Waals surface area contributed by atoms with Crippen LogP contribution >= 0.6 is 0 Å². The van der Waals surface area contributed by atoms with Crippen LogP contribution in [0.3, 0.4) is 0 Å². The normalized spacial score (nSPS) is 19.2. The third-order valence-electron chi connectivity index (χ3n) is 6.05. The largest absolute Gasteiger partial charge is 0.497 e. The van der Waals surface area contributed by atoms with Gasteiger partial charge in [-0.05, 0) is 63.0 Å². The highest BCUT2D eigenvalue weighted by Gasteiger charge is 2.35. The Balaban J connectivity index is 1.39. The number of carbonyl (C=O) groups is 1. The van der Waals surface area contributed by atoms with Crippen molar-refractivity contribution in [2.24, 2.45) is 5.41 Å². The van der Waals surface area contributed by atoms with Gasteiger partial charge < -0.3 is 24.2 Å². The molecule has 2 aromatic rings. The molecular weight excluding hydrogens is 370 g/mol. The lowest BCUT2D eigenvalue weighted by Gasteiger charge is -2.40. The monoisotopic (exact) mass is 399 g/mol. The number of hydrogen-bond donors (Lipinski definition) is 1. The highest BCUT2D eigenvalue weighted by molar-refractivity contribution is 5.93. The van der Waals surface area contributed by atoms with Crippen LogP contribution < -0.4 is 10.1 Å². The summed E-state index contributed by atoms with van der Waals surface area (Å²) >= 11 is 0. The van der Waals surface area contributed by atoms with Gasteiger partial charge >= 0.3 is 0 Å². The first-order valence-electron chi connectivity index (χ1n) is 10.4. The topological polar surface area (TPSA) is 76.8 Å². The van der Waals surface area contributed by atoms with E-state index in [1.165, 1.54) is 12.8 Å². The lowest BCUT2D eigenvalue weighted by atomic mass is 9.79. The highest BCUT2D eigenvalue weighted by Crippen LogP contribution is 2.32. The number of carbonyl (C=O) groups excluding carboxylic acids is 1. The van der Waals surface area contributed by atoms with Gasteiger partial charge in [0.25, 0.3) is 5.91 Å². The van der Waals surface area contributed by atoms with Crippen LogP contribution in [-0.2, 0) is 4.74 Å². The second-order valence-electron chi connectivity index (χ2n) is 8.08. The van der Waals surface area contributed by atoms with Crippen LogP contribution in [0.4, 0.5) is 0 Å². The summed E-state index contributed by atoms with van der Waals surface area (Å²) in [6, 6.07) is 9.16. The molecule has 29 heavy (non-hydrogen) atoms. The summed E-state index contributed by atoms with van der Waals surface area (Å²) in [6.45, 7) is 5.49. The summed E-state index contributed by atoms with van der Waals surface area (Å²) < 4.78 is 16.1. The Labute approximate surface area is 171 Å². The summed E-state index contributed by atoms with van der Waals surface area (Å²) in [6.07, 6.45) is 4.48. The zero-order chi connectivity index (χ0) is 20.1. The molecule has 2 saturated heterocycles. The van der Waals surface area contributed by atoms with E-state index >= 15 is 0 Å². The molecule has 0 aliphatic carbocycles. The van der Waals surface area contributed by atoms with Crippen LogP contribution in [0.25, 0.3) is 11.3 Å². The minimum absolute atomic E-state index is 0.0702. The van der Waals surface area contributed by atoms with Gasteiger partial charge in [-0.15, -0.1) is 0 Å². The van der Waals surface area contributed by atoms with Gasteiger partial charge in [0.05, 0.1) is 7.11 Å². The van der Waals surface area contributed by atoms with Crippen LogP contribution in [0.5, 0.6) is 5.75 Å². The number of methoxy groups -OCH3 is 1. The molecule has 0 saturated carbocycles. The Hall–Kier alpha value is -2.38. The van der Waals surface area contributed by atoms with E-state index in [2.05, 4.69) is 15.4 Å². The number of nitrogens with one attached hydrogen (secondary N) is 1. The first kappa shape index (κ1) is 19.9. The van der Waals surface area contributed by atoms with Gasteiger partial charge in [-0.25, -0.2) is 0 Å². The number of aromatic nitrogens is 1. The number of nitrogens with zero attached hydrogens (tertiary/aromatic N) is 2. The number of amides is 1. The zero-order valence-electron chi connectivity index (χ0n) is 17.0. The highest BCUT2D eigenvalue weighted by atomic mass is 16.5. The molecule has 1 aromatic carbocycles. The van der Waals surface area contributed by atoms with Crippen molar-refractivity contribution < 1.29 is 18.8 Å². The Kier molecular flexibility index (Phi) is 6.16. The summed E-state index contributed by atoms with van der Waals surface area (Å²) in [5.41, 5.74) is 1.23. The molecule has 0 spiro atoms. The van der Waals surface area contributed by atoms with Crippen molar-refractivity contribution in [3.63, 3.8) is 0 Å². The van der Waals surface area contributed by atoms with E-state index in [0.29, 0.717) is 18.0 Å². The van der Waals surface area contributed by atoms with Crippen molar-refractivity contribution in [1.82, 2.24) is 15.4 Å². The zero-order valence-corrected chi connectivity index (χ0v) is 17.0. The molecule has 3 heterocycles. The molecular formula is C22H29N3O4. The predicted octanol–water partition coefficient (Wildman–Crippen LogP) is 2.97. The average Bonchev–Trinajstić information content (AvgIpc) is 3.45. The molecule has 0 unspecified atom stereocenters. The quantitative estimate of drug-likeness (QED) is 0.771. The van der Waals surface area contributed by atoms with E-state index in [1.54, 1.807) is 13.2 Å². The van der Waals surface area contributed by atoms with E-state index < -0.39 is 0 Å². The third kappa shape index (κ3) is 4.79. The summed E-state index contributed by atoms with van der Waals surface area (Å²) in [5, 5.41) is 7.07. The number of hydrogen-bond acceptors (Lipinski definition) is 6. The van der Waals surface area contributed by atoms with Gasteiger partial charge in [-0.1, -0.05) is 5.16 Å². The molecule has 0 radical (unpaired) electrons. The Morgan fingerprint density at radius 2 is 1.93 bits per heavy atom. The van der Waals surface area contributed by atoms with Gasteiger partial charge in [0.1, 0.15) is 5.75 Å². The van der Waals surface area contributed by atoms with Crippen molar-refractivity contribution in [2.75, 3.05) is 46.5 Å². The Bertz CT molecular complexity index is 806. The number of rotatable bonds is 7. The maximum atomic E-state index is 12.7. The van der Waals surface area contributed by atoms with Crippen LogP contribution in [-0.4, -0.2) is 62.5 Å². The van der Waals surface area contributed by atoms with E-state index in [4.69, 9.17) is 14.0 Å². The molecule has 4 rings (SSSR count).